The van der Waals surface area contributed by atoms with Crippen LogP contribution in [0.1, 0.15) is 21.5 Å². The number of primary amides is 1. The minimum Gasteiger partial charge on any atom is -0.486 e. The number of amides is 1. The van der Waals surface area contributed by atoms with Gasteiger partial charge >= 0.3 is 0 Å². The third-order valence-electron chi connectivity index (χ3n) is 2.80. The van der Waals surface area contributed by atoms with Gasteiger partial charge in [-0.1, -0.05) is 12.1 Å². The Labute approximate surface area is 135 Å². The number of nitrogens with two attached hydrogens (primary N) is 2. The largest absolute Gasteiger partial charge is 0.486 e. The lowest BCUT2D eigenvalue weighted by Crippen LogP contribution is -2.11. The molecule has 6 heteroatoms. The van der Waals surface area contributed by atoms with Gasteiger partial charge in [-0.25, -0.2) is 0 Å². The second-order valence-electron chi connectivity index (χ2n) is 4.34. The topological polar surface area (TPSA) is 102 Å². The van der Waals surface area contributed by atoms with Gasteiger partial charge in [0.2, 0.25) is 5.91 Å². The van der Waals surface area contributed by atoms with Crippen LogP contribution in [0.5, 0.6) is 5.75 Å². The third-order valence-corrected chi connectivity index (χ3v) is 3.60. The number of halogens is 1. The molecule has 0 heterocycles. The standard InChI is InChI=1S/C15H12IN3O2/c16-12-5-10(7-17)6-13(18)14(12)21-8-9-2-1-3-11(4-9)15(19)20/h1-6H,8,18H2,(H2,19,20). The van der Waals surface area contributed by atoms with Gasteiger partial charge in [-0.3, -0.25) is 4.79 Å². The van der Waals surface area contributed by atoms with E-state index in [1.54, 1.807) is 30.3 Å². The predicted octanol–water partition coefficient (Wildman–Crippen LogP) is 2.42. The van der Waals surface area contributed by atoms with Crippen molar-refractivity contribution in [2.24, 2.45) is 5.73 Å². The van der Waals surface area contributed by atoms with E-state index in [0.717, 1.165) is 9.13 Å². The summed E-state index contributed by atoms with van der Waals surface area (Å²) in [5, 5.41) is 8.87. The van der Waals surface area contributed by atoms with Crippen molar-refractivity contribution in [1.82, 2.24) is 0 Å². The molecule has 0 aliphatic heterocycles. The molecule has 0 bridgehead atoms. The molecule has 0 saturated heterocycles. The van der Waals surface area contributed by atoms with Crippen LogP contribution in [0.4, 0.5) is 5.69 Å². The molecule has 0 fully saturated rings. The maximum atomic E-state index is 11.1. The Morgan fingerprint density at radius 1 is 1.33 bits per heavy atom. The second kappa shape index (κ2) is 6.45. The molecule has 4 N–H and O–H groups in total. The zero-order valence-electron chi connectivity index (χ0n) is 11.0. The quantitative estimate of drug-likeness (QED) is 0.615. The van der Waals surface area contributed by atoms with E-state index in [-0.39, 0.29) is 6.61 Å². The number of nitriles is 1. The minimum absolute atomic E-state index is 0.257. The number of carbonyl (C=O) groups excluding carboxylic acids is 1. The first-order valence-electron chi connectivity index (χ1n) is 6.02. The van der Waals surface area contributed by atoms with Crippen LogP contribution in [0.25, 0.3) is 0 Å². The molecule has 5 nitrogen and oxygen atoms in total. The molecule has 0 aliphatic carbocycles. The van der Waals surface area contributed by atoms with Gasteiger partial charge in [0.05, 0.1) is 20.9 Å². The van der Waals surface area contributed by atoms with E-state index in [9.17, 15) is 4.79 Å². The maximum Gasteiger partial charge on any atom is 0.248 e. The molecule has 2 aromatic carbocycles. The Hall–Kier alpha value is -2.27. The summed E-state index contributed by atoms with van der Waals surface area (Å²) in [5.74, 6) is 0.0448. The molecule has 0 saturated carbocycles. The lowest BCUT2D eigenvalue weighted by molar-refractivity contribution is 0.1000. The molecule has 0 aromatic heterocycles. The van der Waals surface area contributed by atoms with Gasteiger partial charge in [0, 0.05) is 5.56 Å². The zero-order chi connectivity index (χ0) is 15.4. The minimum atomic E-state index is -0.482. The summed E-state index contributed by atoms with van der Waals surface area (Å²) in [4.78, 5) is 11.1. The monoisotopic (exact) mass is 393 g/mol. The summed E-state index contributed by atoms with van der Waals surface area (Å²) in [6, 6.07) is 12.2. The fourth-order valence-electron chi connectivity index (χ4n) is 1.80. The van der Waals surface area contributed by atoms with E-state index in [2.05, 4.69) is 22.6 Å². The lowest BCUT2D eigenvalue weighted by Gasteiger charge is -2.11. The first-order valence-corrected chi connectivity index (χ1v) is 7.10. The first kappa shape index (κ1) is 15.1. The van der Waals surface area contributed by atoms with Crippen molar-refractivity contribution >= 4 is 34.2 Å². The van der Waals surface area contributed by atoms with Crippen LogP contribution in [0, 0.1) is 14.9 Å². The summed E-state index contributed by atoms with van der Waals surface area (Å²) in [7, 11) is 0. The summed E-state index contributed by atoms with van der Waals surface area (Å²) in [6.07, 6.45) is 0. The summed E-state index contributed by atoms with van der Waals surface area (Å²) >= 11 is 2.06. The SMILES string of the molecule is N#Cc1cc(N)c(OCc2cccc(C(N)=O)c2)c(I)c1. The number of carbonyl (C=O) groups is 1. The van der Waals surface area contributed by atoms with Crippen LogP contribution in [0.15, 0.2) is 36.4 Å². The van der Waals surface area contributed by atoms with E-state index in [1.807, 2.05) is 12.1 Å². The Balaban J connectivity index is 2.19. The van der Waals surface area contributed by atoms with Crippen molar-refractivity contribution in [3.05, 3.63) is 56.7 Å². The van der Waals surface area contributed by atoms with Crippen LogP contribution in [-0.2, 0) is 6.61 Å². The smallest absolute Gasteiger partial charge is 0.248 e. The number of nitrogens with zero attached hydrogens (tertiary/aromatic N) is 1. The van der Waals surface area contributed by atoms with E-state index in [4.69, 9.17) is 21.5 Å². The van der Waals surface area contributed by atoms with Crippen molar-refractivity contribution < 1.29 is 9.53 Å². The molecule has 0 atom stereocenters. The Kier molecular flexibility index (Phi) is 4.65. The number of benzene rings is 2. The molecule has 2 rings (SSSR count). The summed E-state index contributed by atoms with van der Waals surface area (Å²) in [5.41, 5.74) is 13.3. The molecule has 0 radical (unpaired) electrons. The average Bonchev–Trinajstić information content (AvgIpc) is 2.46. The second-order valence-corrected chi connectivity index (χ2v) is 5.50. The molecule has 0 spiro atoms. The van der Waals surface area contributed by atoms with Crippen LogP contribution >= 0.6 is 22.6 Å². The number of rotatable bonds is 4. The van der Waals surface area contributed by atoms with Gasteiger partial charge in [0.15, 0.2) is 5.75 Å². The molecule has 106 valence electrons. The Bertz CT molecular complexity index is 715. The number of hydrogen-bond donors (Lipinski definition) is 2. The van der Waals surface area contributed by atoms with Gasteiger partial charge in [-0.05, 0) is 52.4 Å². The van der Waals surface area contributed by atoms with Crippen molar-refractivity contribution in [2.45, 2.75) is 6.61 Å². The predicted molar refractivity (Wildman–Crippen MR) is 87.6 cm³/mol. The highest BCUT2D eigenvalue weighted by Crippen LogP contribution is 2.30. The van der Waals surface area contributed by atoms with Gasteiger partial charge in [0.25, 0.3) is 0 Å². The molecule has 1 amide bonds. The van der Waals surface area contributed by atoms with E-state index >= 15 is 0 Å². The van der Waals surface area contributed by atoms with E-state index in [1.165, 1.54) is 0 Å². The van der Waals surface area contributed by atoms with Crippen LogP contribution in [0.3, 0.4) is 0 Å². The molecular weight excluding hydrogens is 381 g/mol. The Morgan fingerprint density at radius 3 is 2.71 bits per heavy atom. The Morgan fingerprint density at radius 2 is 2.10 bits per heavy atom. The first-order chi connectivity index (χ1) is 10.0. The molecule has 0 unspecified atom stereocenters. The highest BCUT2D eigenvalue weighted by Gasteiger charge is 2.09. The van der Waals surface area contributed by atoms with E-state index < -0.39 is 5.91 Å². The van der Waals surface area contributed by atoms with Crippen LogP contribution in [0.2, 0.25) is 0 Å². The fraction of sp³-hybridized carbons (Fsp3) is 0.0667. The van der Waals surface area contributed by atoms with Gasteiger partial charge in [-0.2, -0.15) is 5.26 Å². The van der Waals surface area contributed by atoms with Crippen LogP contribution in [-0.4, -0.2) is 5.91 Å². The lowest BCUT2D eigenvalue weighted by atomic mass is 10.1. The van der Waals surface area contributed by atoms with Gasteiger partial charge < -0.3 is 16.2 Å². The van der Waals surface area contributed by atoms with Gasteiger partial charge in [0.1, 0.15) is 6.61 Å². The zero-order valence-corrected chi connectivity index (χ0v) is 13.1. The third kappa shape index (κ3) is 3.64. The maximum absolute atomic E-state index is 11.1. The van der Waals surface area contributed by atoms with Crippen molar-refractivity contribution in [3.8, 4) is 11.8 Å². The summed E-state index contributed by atoms with van der Waals surface area (Å²) < 4.78 is 6.45. The number of nitrogen functional groups attached to an aromatic ring is 1. The number of ether oxygens (including phenoxy) is 1. The highest BCUT2D eigenvalue weighted by atomic mass is 127. The molecular formula is C15H12IN3O2. The van der Waals surface area contributed by atoms with E-state index in [0.29, 0.717) is 22.6 Å². The van der Waals surface area contributed by atoms with Crippen molar-refractivity contribution in [1.29, 1.82) is 5.26 Å². The fourth-order valence-corrected chi connectivity index (χ4v) is 2.60. The van der Waals surface area contributed by atoms with Gasteiger partial charge in [-0.15, -0.1) is 0 Å². The van der Waals surface area contributed by atoms with Crippen molar-refractivity contribution in [2.75, 3.05) is 5.73 Å². The number of hydrogen-bond acceptors (Lipinski definition) is 4. The molecule has 2 aromatic rings. The normalized spacial score (nSPS) is 9.90. The summed E-state index contributed by atoms with van der Waals surface area (Å²) in [6.45, 7) is 0.257. The highest BCUT2D eigenvalue weighted by molar-refractivity contribution is 14.1. The average molecular weight is 393 g/mol. The molecule has 0 aliphatic rings. The molecule has 21 heavy (non-hydrogen) atoms. The van der Waals surface area contributed by atoms with Crippen LogP contribution < -0.4 is 16.2 Å². The van der Waals surface area contributed by atoms with Crippen molar-refractivity contribution in [3.63, 3.8) is 0 Å². The number of anilines is 1.